The second-order valence-corrected chi connectivity index (χ2v) is 8.52. The molecule has 6 heteroatoms. The molecule has 2 unspecified atom stereocenters. The van der Waals surface area contributed by atoms with Crippen molar-refractivity contribution in [3.63, 3.8) is 0 Å². The Kier molecular flexibility index (Phi) is 5.26. The maximum atomic E-state index is 11.6. The highest BCUT2D eigenvalue weighted by molar-refractivity contribution is 9.10. The molecule has 3 nitrogen and oxygen atoms in total. The van der Waals surface area contributed by atoms with Crippen molar-refractivity contribution < 1.29 is 13.2 Å². The number of sulfone groups is 1. The molecule has 0 aromatic heterocycles. The summed E-state index contributed by atoms with van der Waals surface area (Å²) < 4.78 is 29.5. The number of methoxy groups -OCH3 is 1. The Labute approximate surface area is 125 Å². The van der Waals surface area contributed by atoms with Crippen LogP contribution in [0.1, 0.15) is 22.9 Å². The van der Waals surface area contributed by atoms with E-state index in [1.165, 1.54) is 6.26 Å². The topological polar surface area (TPSA) is 43.4 Å². The molecule has 1 rings (SSSR count). The number of hydrogen-bond donors (Lipinski definition) is 0. The number of ether oxygens (including phenoxy) is 1. The summed E-state index contributed by atoms with van der Waals surface area (Å²) in [6.45, 7) is 3.64. The van der Waals surface area contributed by atoms with Gasteiger partial charge in [0.25, 0.3) is 0 Å². The van der Waals surface area contributed by atoms with Crippen molar-refractivity contribution >= 4 is 41.7 Å². The van der Waals surface area contributed by atoms with Gasteiger partial charge in [-0.1, -0.05) is 31.9 Å². The Hall–Kier alpha value is -0.0700. The van der Waals surface area contributed by atoms with Crippen molar-refractivity contribution in [2.75, 3.05) is 13.4 Å². The van der Waals surface area contributed by atoms with E-state index in [4.69, 9.17) is 4.74 Å². The minimum atomic E-state index is -3.12. The largest absolute Gasteiger partial charge is 0.496 e. The highest BCUT2D eigenvalue weighted by Gasteiger charge is 2.27. The summed E-state index contributed by atoms with van der Waals surface area (Å²) in [7, 11) is -1.54. The lowest BCUT2D eigenvalue weighted by Gasteiger charge is -2.20. The maximum absolute atomic E-state index is 11.6. The summed E-state index contributed by atoms with van der Waals surface area (Å²) in [5.41, 5.74) is 1.87. The predicted molar refractivity (Wildman–Crippen MR) is 81.4 cm³/mol. The van der Waals surface area contributed by atoms with Gasteiger partial charge in [0.2, 0.25) is 0 Å². The van der Waals surface area contributed by atoms with E-state index in [-0.39, 0.29) is 4.83 Å². The van der Waals surface area contributed by atoms with E-state index in [9.17, 15) is 8.42 Å². The van der Waals surface area contributed by atoms with Gasteiger partial charge in [-0.15, -0.1) is 0 Å². The van der Waals surface area contributed by atoms with Crippen LogP contribution in [0.3, 0.4) is 0 Å². The number of alkyl halides is 1. The second kappa shape index (κ2) is 5.92. The van der Waals surface area contributed by atoms with Gasteiger partial charge in [0.1, 0.15) is 5.75 Å². The van der Waals surface area contributed by atoms with Crippen molar-refractivity contribution in [3.05, 3.63) is 27.7 Å². The zero-order valence-electron chi connectivity index (χ0n) is 10.7. The molecule has 18 heavy (non-hydrogen) atoms. The van der Waals surface area contributed by atoms with Crippen LogP contribution in [-0.2, 0) is 9.84 Å². The Bertz CT molecular complexity index is 540. The number of aryl methyl sites for hydroxylation is 1. The predicted octanol–water partition coefficient (Wildman–Crippen LogP) is 3.64. The van der Waals surface area contributed by atoms with Gasteiger partial charge in [0.15, 0.2) is 9.84 Å². The van der Waals surface area contributed by atoms with Gasteiger partial charge in [-0.2, -0.15) is 0 Å². The summed E-state index contributed by atoms with van der Waals surface area (Å²) in [6, 6.07) is 3.79. The molecule has 0 amide bonds. The van der Waals surface area contributed by atoms with Crippen LogP contribution in [0, 0.1) is 6.92 Å². The normalized spacial score (nSPS) is 15.2. The Morgan fingerprint density at radius 1 is 1.33 bits per heavy atom. The SMILES string of the molecule is COc1cc(C)c(Br)cc1C(Br)C(C)S(C)(=O)=O. The number of halogens is 2. The van der Waals surface area contributed by atoms with Crippen LogP contribution in [0.4, 0.5) is 0 Å². The van der Waals surface area contributed by atoms with Gasteiger partial charge in [-0.05, 0) is 31.5 Å². The highest BCUT2D eigenvalue weighted by atomic mass is 79.9. The highest BCUT2D eigenvalue weighted by Crippen LogP contribution is 2.38. The Balaban J connectivity index is 3.28. The van der Waals surface area contributed by atoms with Gasteiger partial charge in [0, 0.05) is 16.3 Å². The molecule has 0 fully saturated rings. The minimum absolute atomic E-state index is 0.306. The molecule has 0 saturated carbocycles. The van der Waals surface area contributed by atoms with Gasteiger partial charge in [-0.25, -0.2) is 8.42 Å². The van der Waals surface area contributed by atoms with Crippen LogP contribution in [0.25, 0.3) is 0 Å². The van der Waals surface area contributed by atoms with Gasteiger partial charge in [-0.3, -0.25) is 0 Å². The molecule has 102 valence electrons. The molecule has 2 atom stereocenters. The van der Waals surface area contributed by atoms with Crippen molar-refractivity contribution in [2.24, 2.45) is 0 Å². The summed E-state index contributed by atoms with van der Waals surface area (Å²) in [5, 5.41) is -0.527. The molecule has 0 aliphatic carbocycles. The smallest absolute Gasteiger partial charge is 0.151 e. The van der Waals surface area contributed by atoms with E-state index in [2.05, 4.69) is 31.9 Å². The molecule has 0 aliphatic heterocycles. The van der Waals surface area contributed by atoms with E-state index >= 15 is 0 Å². The number of hydrogen-bond acceptors (Lipinski definition) is 3. The fourth-order valence-electron chi connectivity index (χ4n) is 1.53. The first kappa shape index (κ1) is 16.0. The summed E-state index contributed by atoms with van der Waals surface area (Å²) in [4.78, 5) is -0.306. The molecule has 1 aromatic carbocycles. The Morgan fingerprint density at radius 3 is 2.33 bits per heavy atom. The second-order valence-electron chi connectivity index (χ2n) is 4.28. The van der Waals surface area contributed by atoms with Crippen LogP contribution in [0.5, 0.6) is 5.75 Å². The van der Waals surface area contributed by atoms with E-state index in [0.717, 1.165) is 15.6 Å². The molecule has 0 N–H and O–H groups in total. The van der Waals surface area contributed by atoms with Crippen molar-refractivity contribution in [1.29, 1.82) is 0 Å². The zero-order valence-corrected chi connectivity index (χ0v) is 14.7. The summed E-state index contributed by atoms with van der Waals surface area (Å²) in [5.74, 6) is 0.688. The first-order valence-corrected chi connectivity index (χ1v) is 9.01. The van der Waals surface area contributed by atoms with Gasteiger partial charge >= 0.3 is 0 Å². The molecule has 0 saturated heterocycles. The maximum Gasteiger partial charge on any atom is 0.151 e. The van der Waals surface area contributed by atoms with E-state index in [1.54, 1.807) is 14.0 Å². The first-order chi connectivity index (χ1) is 8.18. The van der Waals surface area contributed by atoms with Crippen molar-refractivity contribution in [2.45, 2.75) is 23.9 Å². The average Bonchev–Trinajstić information content (AvgIpc) is 2.29. The van der Waals surface area contributed by atoms with Crippen LogP contribution < -0.4 is 4.74 Å². The molecule has 1 aromatic rings. The number of benzene rings is 1. The van der Waals surface area contributed by atoms with Crippen LogP contribution in [0.15, 0.2) is 16.6 Å². The van der Waals surface area contributed by atoms with Crippen LogP contribution in [0.2, 0.25) is 0 Å². The molecule has 0 radical (unpaired) electrons. The molecule has 0 aliphatic rings. The average molecular weight is 400 g/mol. The van der Waals surface area contributed by atoms with Crippen LogP contribution >= 0.6 is 31.9 Å². The number of rotatable bonds is 4. The molecule has 0 heterocycles. The van der Waals surface area contributed by atoms with E-state index in [0.29, 0.717) is 5.75 Å². The lowest BCUT2D eigenvalue weighted by Crippen LogP contribution is -2.21. The lowest BCUT2D eigenvalue weighted by atomic mass is 10.1. The van der Waals surface area contributed by atoms with Crippen LogP contribution in [-0.4, -0.2) is 27.0 Å². The summed E-state index contributed by atoms with van der Waals surface area (Å²) in [6.07, 6.45) is 1.24. The van der Waals surface area contributed by atoms with E-state index in [1.807, 2.05) is 19.1 Å². The fraction of sp³-hybridized carbons (Fsp3) is 0.500. The van der Waals surface area contributed by atoms with Gasteiger partial charge < -0.3 is 4.74 Å². The van der Waals surface area contributed by atoms with E-state index < -0.39 is 15.1 Å². The lowest BCUT2D eigenvalue weighted by molar-refractivity contribution is 0.408. The first-order valence-electron chi connectivity index (χ1n) is 5.35. The fourth-order valence-corrected chi connectivity index (χ4v) is 4.01. The van der Waals surface area contributed by atoms with Crippen molar-refractivity contribution in [3.8, 4) is 5.75 Å². The zero-order chi connectivity index (χ0) is 14.1. The molecular formula is C12H16Br2O3S. The standard InChI is InChI=1S/C12H16Br2O3S/c1-7-5-11(17-3)9(6-10(7)13)12(14)8(2)18(4,15)16/h5-6,8,12H,1-4H3. The monoisotopic (exact) mass is 398 g/mol. The quantitative estimate of drug-likeness (QED) is 0.726. The molecule has 0 spiro atoms. The molecule has 0 bridgehead atoms. The van der Waals surface area contributed by atoms with Gasteiger partial charge in [0.05, 0.1) is 17.2 Å². The Morgan fingerprint density at radius 2 is 1.89 bits per heavy atom. The minimum Gasteiger partial charge on any atom is -0.496 e. The third kappa shape index (κ3) is 3.48. The third-order valence-corrected chi connectivity index (χ3v) is 7.01. The van der Waals surface area contributed by atoms with Crippen molar-refractivity contribution in [1.82, 2.24) is 0 Å². The molecular weight excluding hydrogens is 384 g/mol. The summed E-state index contributed by atoms with van der Waals surface area (Å²) >= 11 is 6.91. The third-order valence-electron chi connectivity index (χ3n) is 2.90.